The van der Waals surface area contributed by atoms with Crippen molar-refractivity contribution < 1.29 is 28.5 Å². The van der Waals surface area contributed by atoms with E-state index < -0.39 is 11.2 Å². The van der Waals surface area contributed by atoms with Crippen LogP contribution in [0.25, 0.3) is 10.9 Å². The first kappa shape index (κ1) is 23.0. The molecule has 1 aliphatic heterocycles. The number of carbonyl (C=O) groups excluding carboxylic acids is 2. The summed E-state index contributed by atoms with van der Waals surface area (Å²) in [6.45, 7) is -0.144. The molecule has 0 saturated carbocycles. The van der Waals surface area contributed by atoms with Gasteiger partial charge >= 0.3 is 0 Å². The number of ether oxygens (including phenoxy) is 4. The Morgan fingerprint density at radius 2 is 1.67 bits per heavy atom. The Hall–Kier alpha value is -4.79. The predicted molar refractivity (Wildman–Crippen MR) is 132 cm³/mol. The highest BCUT2D eigenvalue weighted by molar-refractivity contribution is 6.10. The number of hydrogen-bond acceptors (Lipinski definition) is 7. The fourth-order valence-electron chi connectivity index (χ4n) is 4.09. The Morgan fingerprint density at radius 1 is 0.944 bits per heavy atom. The topological polar surface area (TPSA) is 105 Å². The maximum Gasteiger partial charge on any atom is 0.244 e. The minimum Gasteiger partial charge on any atom is -0.493 e. The summed E-state index contributed by atoms with van der Waals surface area (Å²) in [5.74, 6) is 1.05. The lowest BCUT2D eigenvalue weighted by atomic mass is 10.0. The molecule has 4 aromatic rings. The summed E-state index contributed by atoms with van der Waals surface area (Å²) in [5.41, 5.74) is 0.814. The number of ketones is 1. The van der Waals surface area contributed by atoms with Crippen LogP contribution in [0.3, 0.4) is 0 Å². The van der Waals surface area contributed by atoms with E-state index in [1.54, 1.807) is 65.2 Å². The minimum absolute atomic E-state index is 0.0233. The van der Waals surface area contributed by atoms with Gasteiger partial charge in [-0.1, -0.05) is 30.3 Å². The lowest BCUT2D eigenvalue weighted by molar-refractivity contribution is -0.116. The monoisotopic (exact) mass is 486 g/mol. The quantitative estimate of drug-likeness (QED) is 0.398. The van der Waals surface area contributed by atoms with Crippen molar-refractivity contribution in [3.63, 3.8) is 0 Å². The summed E-state index contributed by atoms with van der Waals surface area (Å²) in [6.07, 6.45) is 1.41. The molecular weight excluding hydrogens is 464 g/mol. The molecule has 9 heteroatoms. The second-order valence-electron chi connectivity index (χ2n) is 8.04. The van der Waals surface area contributed by atoms with Crippen LogP contribution in [-0.2, 0) is 11.3 Å². The van der Waals surface area contributed by atoms with Crippen LogP contribution in [0.4, 0.5) is 5.69 Å². The smallest absolute Gasteiger partial charge is 0.244 e. The zero-order valence-electron chi connectivity index (χ0n) is 19.6. The maximum atomic E-state index is 13.3. The van der Waals surface area contributed by atoms with Crippen molar-refractivity contribution in [2.45, 2.75) is 6.54 Å². The number of carbonyl (C=O) groups is 2. The van der Waals surface area contributed by atoms with Crippen molar-refractivity contribution in [1.29, 1.82) is 0 Å². The van der Waals surface area contributed by atoms with Gasteiger partial charge < -0.3 is 28.8 Å². The van der Waals surface area contributed by atoms with Crippen molar-refractivity contribution in [2.24, 2.45) is 0 Å². The van der Waals surface area contributed by atoms with Crippen LogP contribution in [0, 0.1) is 0 Å². The van der Waals surface area contributed by atoms with E-state index in [9.17, 15) is 14.4 Å². The fourth-order valence-corrected chi connectivity index (χ4v) is 4.09. The highest BCUT2D eigenvalue weighted by atomic mass is 16.7. The van der Waals surface area contributed by atoms with Crippen LogP contribution in [-0.4, -0.2) is 37.3 Å². The zero-order valence-corrected chi connectivity index (χ0v) is 19.6. The number of benzene rings is 3. The summed E-state index contributed by atoms with van der Waals surface area (Å²) in [6, 6.07) is 16.7. The lowest BCUT2D eigenvalue weighted by Gasteiger charge is -2.15. The summed E-state index contributed by atoms with van der Waals surface area (Å²) in [5, 5.41) is 3.06. The largest absolute Gasteiger partial charge is 0.493 e. The summed E-state index contributed by atoms with van der Waals surface area (Å²) < 4.78 is 23.0. The van der Waals surface area contributed by atoms with E-state index in [4.69, 9.17) is 18.9 Å². The van der Waals surface area contributed by atoms with Crippen molar-refractivity contribution >= 4 is 28.3 Å². The molecule has 0 saturated heterocycles. The number of hydrogen-bond donors (Lipinski definition) is 1. The highest BCUT2D eigenvalue weighted by Gasteiger charge is 2.22. The predicted octanol–water partition coefficient (Wildman–Crippen LogP) is 3.62. The van der Waals surface area contributed by atoms with Crippen LogP contribution in [0.2, 0.25) is 0 Å². The molecule has 0 atom stereocenters. The average Bonchev–Trinajstić information content (AvgIpc) is 3.37. The summed E-state index contributed by atoms with van der Waals surface area (Å²) in [4.78, 5) is 39.6. The highest BCUT2D eigenvalue weighted by Crippen LogP contribution is 2.35. The molecule has 182 valence electrons. The van der Waals surface area contributed by atoms with Crippen molar-refractivity contribution in [1.82, 2.24) is 4.57 Å². The van der Waals surface area contributed by atoms with Gasteiger partial charge in [0.25, 0.3) is 0 Å². The molecule has 3 aromatic carbocycles. The number of fused-ring (bicyclic) bond motifs is 2. The van der Waals surface area contributed by atoms with Gasteiger partial charge in [-0.3, -0.25) is 14.4 Å². The Labute approximate surface area is 205 Å². The standard InChI is InChI=1S/C27H22N2O7/c1-33-21-9-8-17(10-22(21)34-2)28-25(30)14-29-13-19(26(31)16-6-4-3-5-7-16)27(32)18-11-23-24(12-20(18)29)36-15-35-23/h3-13H,14-15H2,1-2H3,(H,28,30). The van der Waals surface area contributed by atoms with E-state index in [2.05, 4.69) is 5.32 Å². The molecule has 0 fully saturated rings. The molecule has 0 spiro atoms. The number of rotatable bonds is 7. The number of amides is 1. The zero-order chi connectivity index (χ0) is 25.2. The second-order valence-corrected chi connectivity index (χ2v) is 8.04. The van der Waals surface area contributed by atoms with E-state index in [-0.39, 0.29) is 30.2 Å². The molecular formula is C27H22N2O7. The number of aromatic nitrogens is 1. The summed E-state index contributed by atoms with van der Waals surface area (Å²) >= 11 is 0. The van der Waals surface area contributed by atoms with E-state index in [1.165, 1.54) is 20.4 Å². The Balaban J connectivity index is 1.55. The van der Waals surface area contributed by atoms with Gasteiger partial charge in [0.2, 0.25) is 18.1 Å². The van der Waals surface area contributed by atoms with Crippen LogP contribution < -0.4 is 29.7 Å². The SMILES string of the molecule is COc1ccc(NC(=O)Cn2cc(C(=O)c3ccccc3)c(=O)c3cc4c(cc32)OCO4)cc1OC. The normalized spacial score (nSPS) is 11.8. The Kier molecular flexibility index (Phi) is 6.03. The maximum absolute atomic E-state index is 13.3. The van der Waals surface area contributed by atoms with Crippen molar-refractivity contribution in [2.75, 3.05) is 26.3 Å². The van der Waals surface area contributed by atoms with Gasteiger partial charge in [-0.2, -0.15) is 0 Å². The van der Waals surface area contributed by atoms with Gasteiger partial charge in [-0.25, -0.2) is 0 Å². The number of nitrogens with zero attached hydrogens (tertiary/aromatic N) is 1. The van der Waals surface area contributed by atoms with Crippen molar-refractivity contribution in [3.8, 4) is 23.0 Å². The van der Waals surface area contributed by atoms with Crippen LogP contribution >= 0.6 is 0 Å². The molecule has 1 aromatic heterocycles. The van der Waals surface area contributed by atoms with Gasteiger partial charge in [0, 0.05) is 29.6 Å². The molecule has 2 heterocycles. The number of anilines is 1. The molecule has 36 heavy (non-hydrogen) atoms. The molecule has 0 unspecified atom stereocenters. The van der Waals surface area contributed by atoms with Gasteiger partial charge in [0.1, 0.15) is 6.54 Å². The average molecular weight is 486 g/mol. The fraction of sp³-hybridized carbons (Fsp3) is 0.148. The first-order valence-corrected chi connectivity index (χ1v) is 11.1. The van der Waals surface area contributed by atoms with Crippen LogP contribution in [0.15, 0.2) is 71.7 Å². The minimum atomic E-state index is -0.450. The molecule has 1 N–H and O–H groups in total. The van der Waals surface area contributed by atoms with Gasteiger partial charge in [-0.05, 0) is 18.2 Å². The Morgan fingerprint density at radius 3 is 2.39 bits per heavy atom. The molecule has 0 aliphatic carbocycles. The van der Waals surface area contributed by atoms with Crippen LogP contribution in [0.1, 0.15) is 15.9 Å². The lowest BCUT2D eigenvalue weighted by Crippen LogP contribution is -2.24. The first-order valence-electron chi connectivity index (χ1n) is 11.1. The van der Waals surface area contributed by atoms with Gasteiger partial charge in [0.15, 0.2) is 28.8 Å². The van der Waals surface area contributed by atoms with Crippen LogP contribution in [0.5, 0.6) is 23.0 Å². The third kappa shape index (κ3) is 4.22. The molecule has 0 bridgehead atoms. The second kappa shape index (κ2) is 9.46. The van der Waals surface area contributed by atoms with E-state index in [0.717, 1.165) is 0 Å². The third-order valence-electron chi connectivity index (χ3n) is 5.84. The van der Waals surface area contributed by atoms with E-state index in [1.807, 2.05) is 0 Å². The molecule has 5 rings (SSSR count). The molecule has 0 radical (unpaired) electrons. The van der Waals surface area contributed by atoms with E-state index in [0.29, 0.717) is 39.8 Å². The molecule has 1 amide bonds. The van der Waals surface area contributed by atoms with E-state index >= 15 is 0 Å². The van der Waals surface area contributed by atoms with Gasteiger partial charge in [-0.15, -0.1) is 0 Å². The summed E-state index contributed by atoms with van der Waals surface area (Å²) in [7, 11) is 3.03. The number of pyridine rings is 1. The van der Waals surface area contributed by atoms with Crippen molar-refractivity contribution in [3.05, 3.63) is 88.2 Å². The Bertz CT molecular complexity index is 1540. The van der Waals surface area contributed by atoms with Gasteiger partial charge in [0.05, 0.1) is 30.7 Å². The first-order chi connectivity index (χ1) is 17.5. The number of nitrogens with one attached hydrogen (secondary N) is 1. The third-order valence-corrected chi connectivity index (χ3v) is 5.84. The molecule has 9 nitrogen and oxygen atoms in total. The number of methoxy groups -OCH3 is 2. The molecule has 1 aliphatic rings.